The highest BCUT2D eigenvalue weighted by Crippen LogP contribution is 2.39. The van der Waals surface area contributed by atoms with Crippen molar-refractivity contribution in [2.24, 2.45) is 5.92 Å². The van der Waals surface area contributed by atoms with Crippen LogP contribution >= 0.6 is 15.9 Å². The summed E-state index contributed by atoms with van der Waals surface area (Å²) in [6.45, 7) is 1.20. The van der Waals surface area contributed by atoms with E-state index in [1.54, 1.807) is 0 Å². The molecule has 15 heavy (non-hydrogen) atoms. The zero-order chi connectivity index (χ0) is 10.3. The Morgan fingerprint density at radius 2 is 2.20 bits per heavy atom. The fraction of sp³-hybridized carbons (Fsp3) is 0.583. The molecule has 1 aliphatic heterocycles. The van der Waals surface area contributed by atoms with Crippen molar-refractivity contribution in [3.8, 4) is 0 Å². The van der Waals surface area contributed by atoms with Crippen LogP contribution in [0.25, 0.3) is 0 Å². The molecule has 2 nitrogen and oxygen atoms in total. The van der Waals surface area contributed by atoms with Gasteiger partial charge in [0.15, 0.2) is 0 Å². The molecule has 2 heterocycles. The first-order valence-electron chi connectivity index (χ1n) is 5.73. The van der Waals surface area contributed by atoms with Gasteiger partial charge in [0.1, 0.15) is 5.82 Å². The molecule has 1 aliphatic carbocycles. The lowest BCUT2D eigenvalue weighted by Crippen LogP contribution is -2.30. The van der Waals surface area contributed by atoms with Gasteiger partial charge in [-0.2, -0.15) is 0 Å². The van der Waals surface area contributed by atoms with Gasteiger partial charge >= 0.3 is 0 Å². The topological polar surface area (TPSA) is 16.1 Å². The molecule has 1 aromatic heterocycles. The molecule has 1 saturated carbocycles. The monoisotopic (exact) mass is 266 g/mol. The zero-order valence-corrected chi connectivity index (χ0v) is 10.3. The molecule has 2 aliphatic rings. The molecule has 3 rings (SSSR count). The number of rotatable bonds is 1. The predicted octanol–water partition coefficient (Wildman–Crippen LogP) is 3.22. The summed E-state index contributed by atoms with van der Waals surface area (Å²) in [4.78, 5) is 7.00. The summed E-state index contributed by atoms with van der Waals surface area (Å²) in [5.41, 5.74) is 0. The van der Waals surface area contributed by atoms with E-state index in [9.17, 15) is 0 Å². The van der Waals surface area contributed by atoms with E-state index in [4.69, 9.17) is 0 Å². The predicted molar refractivity (Wildman–Crippen MR) is 65.0 cm³/mol. The SMILES string of the molecule is Brc1ccc(N2CCC3CCCC32)nc1. The maximum atomic E-state index is 4.50. The van der Waals surface area contributed by atoms with Crippen LogP contribution in [0.1, 0.15) is 25.7 Å². The molecule has 1 aromatic rings. The third-order valence-electron chi connectivity index (χ3n) is 3.77. The van der Waals surface area contributed by atoms with E-state index in [0.717, 1.165) is 22.3 Å². The zero-order valence-electron chi connectivity index (χ0n) is 8.69. The number of hydrogen-bond acceptors (Lipinski definition) is 2. The second-order valence-electron chi connectivity index (χ2n) is 4.58. The summed E-state index contributed by atoms with van der Waals surface area (Å²) in [7, 11) is 0. The van der Waals surface area contributed by atoms with Crippen LogP contribution in [0.15, 0.2) is 22.8 Å². The lowest BCUT2D eigenvalue weighted by Gasteiger charge is -2.24. The minimum Gasteiger partial charge on any atom is -0.353 e. The molecule has 2 fully saturated rings. The highest BCUT2D eigenvalue weighted by Gasteiger charge is 2.37. The molecule has 80 valence electrons. The van der Waals surface area contributed by atoms with Crippen LogP contribution in [-0.4, -0.2) is 17.6 Å². The minimum absolute atomic E-state index is 0.777. The average Bonchev–Trinajstić information content (AvgIpc) is 2.80. The second kappa shape index (κ2) is 3.78. The summed E-state index contributed by atoms with van der Waals surface area (Å²) in [5.74, 6) is 2.10. The number of pyridine rings is 1. The number of nitrogens with zero attached hydrogens (tertiary/aromatic N) is 2. The Hall–Kier alpha value is -0.570. The van der Waals surface area contributed by atoms with Crippen molar-refractivity contribution in [3.05, 3.63) is 22.8 Å². The minimum atomic E-state index is 0.777. The number of anilines is 1. The first kappa shape index (κ1) is 9.64. The number of fused-ring (bicyclic) bond motifs is 1. The Morgan fingerprint density at radius 3 is 3.00 bits per heavy atom. The van der Waals surface area contributed by atoms with E-state index < -0.39 is 0 Å². The van der Waals surface area contributed by atoms with Gasteiger partial charge in [-0.15, -0.1) is 0 Å². The smallest absolute Gasteiger partial charge is 0.128 e. The van der Waals surface area contributed by atoms with Crippen LogP contribution in [-0.2, 0) is 0 Å². The molecule has 0 aromatic carbocycles. The van der Waals surface area contributed by atoms with Crippen molar-refractivity contribution >= 4 is 21.7 Å². The normalized spacial score (nSPS) is 29.5. The fourth-order valence-electron chi connectivity index (χ4n) is 3.06. The third-order valence-corrected chi connectivity index (χ3v) is 4.24. The summed E-state index contributed by atoms with van der Waals surface area (Å²) in [5, 5.41) is 0. The van der Waals surface area contributed by atoms with Gasteiger partial charge in [-0.05, 0) is 53.2 Å². The standard InChI is InChI=1S/C12H15BrN2/c13-10-4-5-12(14-8-10)15-7-6-9-2-1-3-11(9)15/h4-5,8-9,11H,1-3,6-7H2. The quantitative estimate of drug-likeness (QED) is 0.776. The largest absolute Gasteiger partial charge is 0.353 e. The van der Waals surface area contributed by atoms with E-state index in [1.165, 1.54) is 32.2 Å². The lowest BCUT2D eigenvalue weighted by atomic mass is 10.0. The summed E-state index contributed by atoms with van der Waals surface area (Å²) in [6.07, 6.45) is 7.46. The van der Waals surface area contributed by atoms with Crippen molar-refractivity contribution in [2.75, 3.05) is 11.4 Å². The van der Waals surface area contributed by atoms with Gasteiger partial charge in [0, 0.05) is 23.3 Å². The Balaban J connectivity index is 1.85. The van der Waals surface area contributed by atoms with E-state index >= 15 is 0 Å². The fourth-order valence-corrected chi connectivity index (χ4v) is 3.29. The van der Waals surface area contributed by atoms with Crippen LogP contribution in [0.2, 0.25) is 0 Å². The number of aromatic nitrogens is 1. The van der Waals surface area contributed by atoms with Crippen molar-refractivity contribution in [2.45, 2.75) is 31.7 Å². The van der Waals surface area contributed by atoms with E-state index in [0.29, 0.717) is 0 Å². The van der Waals surface area contributed by atoms with Gasteiger partial charge in [-0.3, -0.25) is 0 Å². The van der Waals surface area contributed by atoms with Crippen LogP contribution in [0, 0.1) is 5.92 Å². The van der Waals surface area contributed by atoms with Crippen molar-refractivity contribution in [3.63, 3.8) is 0 Å². The molecule has 2 atom stereocenters. The van der Waals surface area contributed by atoms with Gasteiger partial charge < -0.3 is 4.90 Å². The van der Waals surface area contributed by atoms with E-state index in [-0.39, 0.29) is 0 Å². The molecule has 0 amide bonds. The Labute approximate surface area is 98.8 Å². The molecule has 0 N–H and O–H groups in total. The molecule has 1 saturated heterocycles. The van der Waals surface area contributed by atoms with Gasteiger partial charge in [0.2, 0.25) is 0 Å². The molecule has 0 radical (unpaired) electrons. The first-order valence-corrected chi connectivity index (χ1v) is 6.52. The highest BCUT2D eigenvalue weighted by atomic mass is 79.9. The van der Waals surface area contributed by atoms with Crippen molar-refractivity contribution < 1.29 is 0 Å². The second-order valence-corrected chi connectivity index (χ2v) is 5.49. The van der Waals surface area contributed by atoms with Gasteiger partial charge in [0.05, 0.1) is 0 Å². The number of hydrogen-bond donors (Lipinski definition) is 0. The summed E-state index contributed by atoms with van der Waals surface area (Å²) >= 11 is 3.43. The maximum Gasteiger partial charge on any atom is 0.128 e. The third kappa shape index (κ3) is 1.67. The summed E-state index contributed by atoms with van der Waals surface area (Å²) in [6, 6.07) is 4.99. The molecule has 2 unspecified atom stereocenters. The Morgan fingerprint density at radius 1 is 1.27 bits per heavy atom. The highest BCUT2D eigenvalue weighted by molar-refractivity contribution is 9.10. The average molecular weight is 267 g/mol. The number of halogens is 1. The van der Waals surface area contributed by atoms with Gasteiger partial charge in [-0.25, -0.2) is 4.98 Å². The maximum absolute atomic E-state index is 4.50. The van der Waals surface area contributed by atoms with E-state index in [1.807, 2.05) is 6.20 Å². The summed E-state index contributed by atoms with van der Waals surface area (Å²) < 4.78 is 1.06. The molecule has 3 heteroatoms. The van der Waals surface area contributed by atoms with Crippen molar-refractivity contribution in [1.29, 1.82) is 0 Å². The van der Waals surface area contributed by atoms with Gasteiger partial charge in [-0.1, -0.05) is 6.42 Å². The van der Waals surface area contributed by atoms with Crippen LogP contribution < -0.4 is 4.90 Å². The van der Waals surface area contributed by atoms with E-state index in [2.05, 4.69) is 37.9 Å². The molecule has 0 bridgehead atoms. The molecular formula is C12H15BrN2. The van der Waals surface area contributed by atoms with Crippen LogP contribution in [0.3, 0.4) is 0 Å². The Kier molecular flexibility index (Phi) is 2.43. The Bertz CT molecular complexity index is 349. The first-order chi connectivity index (χ1) is 7.34. The van der Waals surface area contributed by atoms with Crippen LogP contribution in [0.4, 0.5) is 5.82 Å². The molecular weight excluding hydrogens is 252 g/mol. The van der Waals surface area contributed by atoms with Gasteiger partial charge in [0.25, 0.3) is 0 Å². The van der Waals surface area contributed by atoms with Crippen LogP contribution in [0.5, 0.6) is 0 Å². The molecule has 0 spiro atoms. The lowest BCUT2D eigenvalue weighted by molar-refractivity contribution is 0.540. The van der Waals surface area contributed by atoms with Crippen molar-refractivity contribution in [1.82, 2.24) is 4.98 Å².